The number of carbonyl (C=O) groups is 4. The normalized spacial score (nSPS) is 47.6. The zero-order valence-electron chi connectivity index (χ0n) is 73.1. The molecule has 30 atom stereocenters. The van der Waals surface area contributed by atoms with Gasteiger partial charge >= 0.3 is 23.9 Å². The summed E-state index contributed by atoms with van der Waals surface area (Å²) >= 11 is 0. The van der Waals surface area contributed by atoms with Gasteiger partial charge in [-0.3, -0.25) is 38.8 Å². The number of aliphatic hydroxyl groups excluding tert-OH is 2. The van der Waals surface area contributed by atoms with Crippen LogP contribution in [-0.2, 0) is 47.6 Å². The predicted molar refractivity (Wildman–Crippen MR) is 439 cm³/mol. The first-order valence-electron chi connectivity index (χ1n) is 47.2. The lowest BCUT2D eigenvalue weighted by Crippen LogP contribution is -3.00. The number of halogens is 2. The highest BCUT2D eigenvalue weighted by atomic mass is 79.9. The van der Waals surface area contributed by atoms with Gasteiger partial charge < -0.3 is 81.6 Å². The molecule has 6 aliphatic heterocycles. The monoisotopic (exact) mass is 1730 g/mol. The summed E-state index contributed by atoms with van der Waals surface area (Å²) in [5.74, 6) is 7.54. The number of esters is 4. The van der Waals surface area contributed by atoms with Crippen LogP contribution in [0.2, 0.25) is 0 Å². The zero-order chi connectivity index (χ0) is 79.4. The maximum Gasteiger partial charge on any atom is 0.303 e. The van der Waals surface area contributed by atoms with Crippen molar-refractivity contribution >= 4 is 23.9 Å². The Morgan fingerprint density at radius 3 is 1.08 bits per heavy atom. The molecule has 0 aromatic rings. The van der Waals surface area contributed by atoms with Crippen molar-refractivity contribution in [2.45, 2.75) is 328 Å². The van der Waals surface area contributed by atoms with Crippen LogP contribution in [-0.4, -0.2) is 254 Å². The van der Waals surface area contributed by atoms with Gasteiger partial charge in [-0.1, -0.05) is 54.7 Å². The van der Waals surface area contributed by atoms with Crippen LogP contribution < -0.4 is 34.0 Å². The van der Waals surface area contributed by atoms with Crippen LogP contribution in [0.4, 0.5) is 0 Å². The van der Waals surface area contributed by atoms with Gasteiger partial charge in [0, 0.05) is 133 Å². The number of rotatable bonds is 14. The van der Waals surface area contributed by atoms with Crippen LogP contribution in [0.5, 0.6) is 0 Å². The molecule has 2 N–H and O–H groups in total. The number of morpholine rings is 2. The van der Waals surface area contributed by atoms with E-state index >= 15 is 0 Å². The number of aliphatic hydroxyl groups is 2. The molecular formula is C95H156Br2N6O12. The van der Waals surface area contributed by atoms with Gasteiger partial charge in [-0.05, 0) is 273 Å². The molecule has 0 radical (unpaired) electrons. The highest BCUT2D eigenvalue weighted by molar-refractivity contribution is 5.67. The van der Waals surface area contributed by atoms with Crippen LogP contribution in [0.1, 0.15) is 255 Å². The molecule has 14 unspecified atom stereocenters. The van der Waals surface area contributed by atoms with E-state index in [-0.39, 0.29) is 128 Å². The molecule has 12 saturated carbocycles. The summed E-state index contributed by atoms with van der Waals surface area (Å²) in [6.45, 7) is 48.3. The molecule has 12 aliphatic carbocycles. The van der Waals surface area contributed by atoms with E-state index in [2.05, 4.69) is 86.5 Å². The Morgan fingerprint density at radius 1 is 0.383 bits per heavy atom. The number of carbonyl (C=O) groups excluding carboxylic acids is 4. The minimum Gasteiger partial charge on any atom is -1.00 e. The van der Waals surface area contributed by atoms with E-state index < -0.39 is 0 Å². The molecule has 0 bridgehead atoms. The maximum absolute atomic E-state index is 12.6. The second kappa shape index (κ2) is 35.5. The smallest absolute Gasteiger partial charge is 0.303 e. The number of nitrogens with zero attached hydrogens (tertiary/aromatic N) is 6. The predicted octanol–water partition coefficient (Wildman–Crippen LogP) is 7.86. The number of hydrogen-bond acceptors (Lipinski definition) is 16. The van der Waals surface area contributed by atoms with Crippen molar-refractivity contribution in [2.75, 3.05) is 118 Å². The van der Waals surface area contributed by atoms with Crippen molar-refractivity contribution in [3.8, 4) is 0 Å². The average molecular weight is 1730 g/mol. The van der Waals surface area contributed by atoms with E-state index in [9.17, 15) is 29.4 Å². The Hall–Kier alpha value is -2.08. The van der Waals surface area contributed by atoms with Gasteiger partial charge in [-0.2, -0.15) is 0 Å². The Kier molecular flexibility index (Phi) is 27.5. The van der Waals surface area contributed by atoms with Gasteiger partial charge in [-0.25, -0.2) is 0 Å². The van der Waals surface area contributed by atoms with Crippen molar-refractivity contribution in [1.29, 1.82) is 0 Å². The van der Waals surface area contributed by atoms with Gasteiger partial charge in [-0.15, -0.1) is 0 Å². The van der Waals surface area contributed by atoms with E-state index in [1.807, 2.05) is 0 Å². The minimum absolute atomic E-state index is 0. The number of quaternary nitrogens is 2. The molecule has 652 valence electrons. The van der Waals surface area contributed by atoms with Crippen LogP contribution in [0.25, 0.3) is 0 Å². The van der Waals surface area contributed by atoms with Crippen molar-refractivity contribution in [3.05, 3.63) is 25.3 Å². The first-order chi connectivity index (χ1) is 54.1. The molecule has 115 heavy (non-hydrogen) atoms. The van der Waals surface area contributed by atoms with Crippen LogP contribution in [0.3, 0.4) is 0 Å². The van der Waals surface area contributed by atoms with E-state index in [0.29, 0.717) is 82.3 Å². The molecule has 18 nitrogen and oxygen atoms in total. The standard InChI is InChI=1S/C34H55N2O5.C32H53N2O3.C29H48N2O4.2BrH/c1-6-15-36(16-7-8-17-36)30-21-28-26-10-9-25-20-31(40-23(2)37)29(35-13-18-39-19-14-35)22-34(25,5)27(26)11-12-33(28,4)32(30)41-24(3)38;1-5-16-34(17-8-9-18-34)28-20-26-24-11-10-23-19-29(36)27(33-14-6-7-15-33)21-32(23,4)25(24)12-13-31(26,3)30(28)37-22(2)35;1-19(32)35-27-24(30-10-4-5-11-30)17-23-21-7-6-20-16-26(33)25(31-12-14-34-15-13-31)18-29(20,3)22(21)8-9-28(23,27)2;;/h6,25-32H,1,7-22H2,2-5H3;5,23-30,36H,1,6-21H2,2-4H3;20-27,33H,4-18H2,1-3H3;2*1H/q2*+1;;;/p-2/t25?,26?,27?,28?,29-,30+,31-,32-,33-,34-;23?,24?,25?,26?,27?,28?,29-,30-,31-,32-;20?,21?,22?,23?,24-,25-,26-,27-,28-,29-;;/m000../s1. The lowest BCUT2D eigenvalue weighted by molar-refractivity contribution is -0.937. The lowest BCUT2D eigenvalue weighted by atomic mass is 9.44. The van der Waals surface area contributed by atoms with Crippen LogP contribution >= 0.6 is 0 Å². The Morgan fingerprint density at radius 2 is 0.704 bits per heavy atom. The number of likely N-dealkylation sites (tertiary alicyclic amines) is 4. The summed E-state index contributed by atoms with van der Waals surface area (Å²) in [4.78, 5) is 59.8. The molecule has 20 heteroatoms. The number of fused-ring (bicyclic) bond motifs is 15. The summed E-state index contributed by atoms with van der Waals surface area (Å²) in [6.07, 6.45) is 38.9. The van der Waals surface area contributed by atoms with Crippen molar-refractivity contribution < 1.29 is 101 Å². The molecule has 18 aliphatic rings. The van der Waals surface area contributed by atoms with E-state index in [1.165, 1.54) is 187 Å². The summed E-state index contributed by atoms with van der Waals surface area (Å²) < 4.78 is 38.5. The first-order valence-corrected chi connectivity index (χ1v) is 47.2. The fourth-order valence-corrected chi connectivity index (χ4v) is 33.4. The summed E-state index contributed by atoms with van der Waals surface area (Å²) in [5.41, 5.74) is 1.08. The largest absolute Gasteiger partial charge is 1.00 e. The van der Waals surface area contributed by atoms with Crippen molar-refractivity contribution in [1.82, 2.24) is 19.6 Å². The van der Waals surface area contributed by atoms with E-state index in [0.717, 1.165) is 150 Å². The van der Waals surface area contributed by atoms with Gasteiger partial charge in [0.1, 0.15) is 24.3 Å². The fourth-order valence-electron chi connectivity index (χ4n) is 33.4. The Labute approximate surface area is 714 Å². The first kappa shape index (κ1) is 89.2. The van der Waals surface area contributed by atoms with Gasteiger partial charge in [0.15, 0.2) is 12.2 Å². The third-order valence-corrected chi connectivity index (χ3v) is 38.6. The van der Waals surface area contributed by atoms with Crippen molar-refractivity contribution in [3.63, 3.8) is 0 Å². The van der Waals surface area contributed by atoms with Gasteiger partial charge in [0.2, 0.25) is 0 Å². The number of hydrogen-bond donors (Lipinski definition) is 2. The summed E-state index contributed by atoms with van der Waals surface area (Å²) in [6, 6.07) is 2.09. The molecule has 0 aromatic heterocycles. The highest BCUT2D eigenvalue weighted by Gasteiger charge is 2.72. The van der Waals surface area contributed by atoms with Gasteiger partial charge in [0.05, 0.1) is 77.9 Å². The zero-order valence-corrected chi connectivity index (χ0v) is 76.2. The summed E-state index contributed by atoms with van der Waals surface area (Å²) in [5, 5.41) is 22.4. The third kappa shape index (κ3) is 16.1. The quantitative estimate of drug-likeness (QED) is 0.0743. The van der Waals surface area contributed by atoms with Gasteiger partial charge in [0.25, 0.3) is 0 Å². The molecule has 6 saturated heterocycles. The third-order valence-electron chi connectivity index (χ3n) is 38.6. The molecule has 0 spiro atoms. The van der Waals surface area contributed by atoms with Crippen molar-refractivity contribution in [2.24, 2.45) is 104 Å². The molecule has 0 aromatic carbocycles. The molecule has 18 fully saturated rings. The second-order valence-corrected chi connectivity index (χ2v) is 43.4. The van der Waals surface area contributed by atoms with E-state index in [4.69, 9.17) is 28.4 Å². The maximum atomic E-state index is 12.6. The van der Waals surface area contributed by atoms with Crippen LogP contribution in [0.15, 0.2) is 25.3 Å². The highest BCUT2D eigenvalue weighted by Crippen LogP contribution is 2.72. The Balaban J connectivity index is 0.000000142. The lowest BCUT2D eigenvalue weighted by Gasteiger charge is -2.62. The van der Waals surface area contributed by atoms with Crippen LogP contribution in [0, 0.1) is 104 Å². The molecular weight excluding hydrogens is 1580 g/mol. The Bertz CT molecular complexity index is 3370. The second-order valence-electron chi connectivity index (χ2n) is 43.4. The molecule has 0 amide bonds. The van der Waals surface area contributed by atoms with E-state index in [1.54, 1.807) is 27.7 Å². The number of ether oxygens (including phenoxy) is 6. The SMILES string of the molecule is C=CC[N+]1(C2CC3C4CCC5C[C@H](O)C(N6CCCC6)C[C@]5(C)C4CC[C@]3(C)[C@H]2OC(C)=O)CCCC1.C=CC[N+]1([C@@H]2CC3C4CCC5C[C@H](OC(C)=O)[C@@H](N6CCOCC6)C[C@]5(C)C4CC[C@]3(C)[C@H]2OC(C)=O)CCCC1.CC(=O)O[C@H]1[C@@H](N2CCCC2)CC2C3CCC4C[C@H](O)[C@@H](N5CCOCC5)C[C@]4(C)C3CC[C@@]21C.[Br-].[Br-]. The topological polar surface area (TPSA) is 177 Å². The molecule has 18 rings (SSSR count). The fraction of sp³-hybridized carbons (Fsp3) is 0.916. The summed E-state index contributed by atoms with van der Waals surface area (Å²) in [7, 11) is 0. The minimum atomic E-state index is -0.198. The average Bonchev–Trinajstić information content (AvgIpc) is 1.59. The molecule has 6 heterocycles.